The van der Waals surface area contributed by atoms with E-state index in [0.717, 1.165) is 51.4 Å². The second-order valence-corrected chi connectivity index (χ2v) is 8.70. The van der Waals surface area contributed by atoms with Gasteiger partial charge in [0.25, 0.3) is 0 Å². The van der Waals surface area contributed by atoms with Crippen LogP contribution in [0, 0.1) is 16.2 Å². The predicted molar refractivity (Wildman–Crippen MR) is 93.9 cm³/mol. The van der Waals surface area contributed by atoms with Gasteiger partial charge >= 0.3 is 11.9 Å². The van der Waals surface area contributed by atoms with Crippen molar-refractivity contribution in [1.82, 2.24) is 0 Å². The average Bonchev–Trinajstić information content (AvgIpc) is 2.52. The lowest BCUT2D eigenvalue weighted by Crippen LogP contribution is -2.57. The second kappa shape index (κ2) is 7.45. The fourth-order valence-electron chi connectivity index (χ4n) is 5.98. The number of carbonyl (C=O) groups is 2. The lowest BCUT2D eigenvalue weighted by molar-refractivity contribution is -0.185. The molecular weight excluding hydrogens is 304 g/mol. The standard InChI is InChI=1S/C20H34O4/c1-18(11-5-3-6-12-18)20(17(23)24,15-9-10-16(21)22)19(2)13-7-4-8-14-19/h3-15H2,1-2H3,(H,21,22)(H,23,24). The van der Waals surface area contributed by atoms with Gasteiger partial charge in [-0.1, -0.05) is 52.4 Å². The third-order valence-corrected chi connectivity index (χ3v) is 7.28. The van der Waals surface area contributed by atoms with Crippen LogP contribution >= 0.6 is 0 Å². The molecule has 4 heteroatoms. The molecule has 0 amide bonds. The Bertz CT molecular complexity index is 432. The van der Waals surface area contributed by atoms with Crippen LogP contribution in [0.15, 0.2) is 0 Å². The highest BCUT2D eigenvalue weighted by atomic mass is 16.4. The topological polar surface area (TPSA) is 74.6 Å². The zero-order valence-electron chi connectivity index (χ0n) is 15.4. The SMILES string of the molecule is CC1(C(CCCC(=O)O)(C(=O)O)C2(C)CCCCC2)CCCCC1. The van der Waals surface area contributed by atoms with Crippen LogP contribution in [-0.2, 0) is 9.59 Å². The lowest BCUT2D eigenvalue weighted by atomic mass is 9.44. The van der Waals surface area contributed by atoms with E-state index in [1.165, 1.54) is 12.8 Å². The van der Waals surface area contributed by atoms with Crippen LogP contribution in [0.1, 0.15) is 97.3 Å². The molecule has 2 N–H and O–H groups in total. The van der Waals surface area contributed by atoms with Gasteiger partial charge in [-0.25, -0.2) is 0 Å². The molecule has 0 saturated heterocycles. The van der Waals surface area contributed by atoms with Crippen LogP contribution < -0.4 is 0 Å². The van der Waals surface area contributed by atoms with Crippen molar-refractivity contribution in [2.75, 3.05) is 0 Å². The van der Waals surface area contributed by atoms with Gasteiger partial charge in [-0.3, -0.25) is 9.59 Å². The van der Waals surface area contributed by atoms with Gasteiger partial charge in [-0.15, -0.1) is 0 Å². The van der Waals surface area contributed by atoms with Crippen molar-refractivity contribution < 1.29 is 19.8 Å². The normalized spacial score (nSPS) is 23.6. The minimum absolute atomic E-state index is 0.0706. The van der Waals surface area contributed by atoms with Gasteiger partial charge in [-0.2, -0.15) is 0 Å². The van der Waals surface area contributed by atoms with Gasteiger partial charge < -0.3 is 10.2 Å². The monoisotopic (exact) mass is 338 g/mol. The van der Waals surface area contributed by atoms with Crippen molar-refractivity contribution in [2.24, 2.45) is 16.2 Å². The number of carboxylic acids is 2. The Kier molecular flexibility index (Phi) is 5.98. The minimum Gasteiger partial charge on any atom is -0.481 e. The van der Waals surface area contributed by atoms with Crippen molar-refractivity contribution in [3.8, 4) is 0 Å². The van der Waals surface area contributed by atoms with Crippen LogP contribution in [0.5, 0.6) is 0 Å². The predicted octanol–water partition coefficient (Wildman–Crippen LogP) is 5.25. The van der Waals surface area contributed by atoms with Crippen LogP contribution in [0.2, 0.25) is 0 Å². The van der Waals surface area contributed by atoms with E-state index in [1.54, 1.807) is 0 Å². The summed E-state index contributed by atoms with van der Waals surface area (Å²) in [6.07, 6.45) is 11.7. The summed E-state index contributed by atoms with van der Waals surface area (Å²) in [4.78, 5) is 23.8. The maximum atomic E-state index is 12.8. The highest BCUT2D eigenvalue weighted by Gasteiger charge is 2.62. The molecule has 0 unspecified atom stereocenters. The summed E-state index contributed by atoms with van der Waals surface area (Å²) in [6, 6.07) is 0. The van der Waals surface area contributed by atoms with Crippen LogP contribution in [0.3, 0.4) is 0 Å². The van der Waals surface area contributed by atoms with Gasteiger partial charge in [0.15, 0.2) is 0 Å². The van der Waals surface area contributed by atoms with Crippen molar-refractivity contribution in [3.63, 3.8) is 0 Å². The van der Waals surface area contributed by atoms with Crippen molar-refractivity contribution in [1.29, 1.82) is 0 Å². The van der Waals surface area contributed by atoms with Crippen LogP contribution in [0.4, 0.5) is 0 Å². The Labute approximate surface area is 146 Å². The Morgan fingerprint density at radius 2 is 1.25 bits per heavy atom. The first kappa shape index (κ1) is 19.3. The third-order valence-electron chi connectivity index (χ3n) is 7.28. The van der Waals surface area contributed by atoms with Gasteiger partial charge in [0, 0.05) is 6.42 Å². The first-order chi connectivity index (χ1) is 11.3. The van der Waals surface area contributed by atoms with Gasteiger partial charge in [0.05, 0.1) is 5.41 Å². The fourth-order valence-corrected chi connectivity index (χ4v) is 5.98. The molecular formula is C20H34O4. The molecule has 24 heavy (non-hydrogen) atoms. The van der Waals surface area contributed by atoms with E-state index >= 15 is 0 Å². The van der Waals surface area contributed by atoms with E-state index in [4.69, 9.17) is 5.11 Å². The zero-order valence-corrected chi connectivity index (χ0v) is 15.4. The molecule has 0 spiro atoms. The molecule has 0 aliphatic heterocycles. The highest BCUT2D eigenvalue weighted by molar-refractivity contribution is 5.77. The summed E-state index contributed by atoms with van der Waals surface area (Å²) in [5.41, 5.74) is -1.24. The molecule has 2 aliphatic carbocycles. The van der Waals surface area contributed by atoms with Crippen molar-refractivity contribution in [2.45, 2.75) is 97.3 Å². The summed E-state index contributed by atoms with van der Waals surface area (Å²) in [5.74, 6) is -1.50. The van der Waals surface area contributed by atoms with Gasteiger partial charge in [-0.05, 0) is 49.4 Å². The molecule has 0 aromatic rings. The second-order valence-electron chi connectivity index (χ2n) is 8.70. The Morgan fingerprint density at radius 3 is 1.58 bits per heavy atom. The summed E-state index contributed by atoms with van der Waals surface area (Å²) >= 11 is 0. The largest absolute Gasteiger partial charge is 0.481 e. The summed E-state index contributed by atoms with van der Waals surface area (Å²) in [7, 11) is 0. The molecule has 138 valence electrons. The first-order valence-corrected chi connectivity index (χ1v) is 9.73. The highest BCUT2D eigenvalue weighted by Crippen LogP contribution is 2.64. The maximum Gasteiger partial charge on any atom is 0.310 e. The lowest BCUT2D eigenvalue weighted by Gasteiger charge is -2.58. The molecule has 2 saturated carbocycles. The smallest absolute Gasteiger partial charge is 0.310 e. The summed E-state index contributed by atoms with van der Waals surface area (Å²) in [6.45, 7) is 4.36. The molecule has 2 rings (SSSR count). The number of hydrogen-bond donors (Lipinski definition) is 2. The van der Waals surface area contributed by atoms with Gasteiger partial charge in [0.2, 0.25) is 0 Å². The van der Waals surface area contributed by atoms with E-state index in [0.29, 0.717) is 12.8 Å². The van der Waals surface area contributed by atoms with E-state index in [9.17, 15) is 14.7 Å². The first-order valence-electron chi connectivity index (χ1n) is 9.73. The number of carboxylic acid groups (broad SMARTS) is 2. The molecule has 2 aliphatic rings. The molecule has 2 fully saturated rings. The van der Waals surface area contributed by atoms with Crippen molar-refractivity contribution >= 4 is 11.9 Å². The van der Waals surface area contributed by atoms with Gasteiger partial charge in [0.1, 0.15) is 0 Å². The molecule has 0 aromatic heterocycles. The molecule has 0 heterocycles. The van der Waals surface area contributed by atoms with E-state index in [1.807, 2.05) is 0 Å². The molecule has 0 aromatic carbocycles. The summed E-state index contributed by atoms with van der Waals surface area (Å²) in [5, 5.41) is 19.5. The van der Waals surface area contributed by atoms with E-state index in [2.05, 4.69) is 13.8 Å². The Balaban J connectivity index is 2.43. The average molecular weight is 338 g/mol. The fraction of sp³-hybridized carbons (Fsp3) is 0.900. The Hall–Kier alpha value is -1.06. The third kappa shape index (κ3) is 3.34. The van der Waals surface area contributed by atoms with Crippen LogP contribution in [0.25, 0.3) is 0 Å². The number of rotatable bonds is 7. The van der Waals surface area contributed by atoms with Crippen molar-refractivity contribution in [3.05, 3.63) is 0 Å². The van der Waals surface area contributed by atoms with E-state index in [-0.39, 0.29) is 17.3 Å². The van der Waals surface area contributed by atoms with Crippen LogP contribution in [-0.4, -0.2) is 22.2 Å². The molecule has 0 atom stereocenters. The molecule has 0 radical (unpaired) electrons. The number of aliphatic carboxylic acids is 2. The zero-order chi connectivity index (χ0) is 17.8. The summed E-state index contributed by atoms with van der Waals surface area (Å²) < 4.78 is 0. The maximum absolute atomic E-state index is 12.8. The Morgan fingerprint density at radius 1 is 0.833 bits per heavy atom. The molecule has 0 bridgehead atoms. The molecule has 4 nitrogen and oxygen atoms in total. The van der Waals surface area contributed by atoms with E-state index < -0.39 is 17.4 Å². The quantitative estimate of drug-likeness (QED) is 0.664. The minimum atomic E-state index is -0.822. The number of hydrogen-bond acceptors (Lipinski definition) is 2.